The van der Waals surface area contributed by atoms with Crippen LogP contribution in [-0.2, 0) is 25.8 Å². The van der Waals surface area contributed by atoms with E-state index in [9.17, 15) is 0 Å². The van der Waals surface area contributed by atoms with Gasteiger partial charge in [-0.15, -0.1) is 21.5 Å². The topological polar surface area (TPSA) is 42.7 Å². The van der Waals surface area contributed by atoms with E-state index < -0.39 is 0 Å². The molecule has 0 saturated heterocycles. The largest absolute Gasteiger partial charge is 0.315 e. The Bertz CT molecular complexity index is 630. The fraction of sp³-hybridized carbons (Fsp3) is 0.647. The standard InChI is InChI=1S/C17H24N4S/c1-2-7-16-19-20-17(21(16)11-3-1)8-10-18-14-5-4-6-15-13(14)9-12-22-15/h9,12,14,18H,1-8,10-11H2/t14-/m0/s1. The first-order valence-electron chi connectivity index (χ1n) is 8.62. The highest BCUT2D eigenvalue weighted by Gasteiger charge is 2.21. The highest BCUT2D eigenvalue weighted by Crippen LogP contribution is 2.33. The molecule has 0 saturated carbocycles. The van der Waals surface area contributed by atoms with Gasteiger partial charge in [-0.3, -0.25) is 0 Å². The van der Waals surface area contributed by atoms with E-state index in [0.717, 1.165) is 25.9 Å². The van der Waals surface area contributed by atoms with E-state index in [1.807, 2.05) is 11.3 Å². The van der Waals surface area contributed by atoms with Crippen molar-refractivity contribution in [2.24, 2.45) is 0 Å². The van der Waals surface area contributed by atoms with E-state index in [4.69, 9.17) is 0 Å². The number of hydrogen-bond donors (Lipinski definition) is 1. The van der Waals surface area contributed by atoms with Gasteiger partial charge in [0.1, 0.15) is 11.6 Å². The van der Waals surface area contributed by atoms with Crippen molar-refractivity contribution in [3.05, 3.63) is 33.5 Å². The maximum atomic E-state index is 4.43. The number of thiophene rings is 1. The van der Waals surface area contributed by atoms with E-state index in [1.165, 1.54) is 55.7 Å². The Balaban J connectivity index is 1.37. The molecule has 4 rings (SSSR count). The van der Waals surface area contributed by atoms with Crippen molar-refractivity contribution >= 4 is 11.3 Å². The monoisotopic (exact) mass is 316 g/mol. The van der Waals surface area contributed by atoms with Gasteiger partial charge in [-0.05, 0) is 49.1 Å². The van der Waals surface area contributed by atoms with Crippen LogP contribution >= 0.6 is 11.3 Å². The van der Waals surface area contributed by atoms with Crippen molar-refractivity contribution in [3.63, 3.8) is 0 Å². The Labute approximate surface area is 136 Å². The lowest BCUT2D eigenvalue weighted by Crippen LogP contribution is -2.27. The molecule has 22 heavy (non-hydrogen) atoms. The highest BCUT2D eigenvalue weighted by atomic mass is 32.1. The van der Waals surface area contributed by atoms with Crippen molar-refractivity contribution < 1.29 is 0 Å². The van der Waals surface area contributed by atoms with Crippen molar-refractivity contribution in [1.29, 1.82) is 0 Å². The molecule has 1 atom stereocenters. The van der Waals surface area contributed by atoms with Gasteiger partial charge >= 0.3 is 0 Å². The van der Waals surface area contributed by atoms with Gasteiger partial charge in [0.15, 0.2) is 0 Å². The van der Waals surface area contributed by atoms with E-state index in [0.29, 0.717) is 6.04 Å². The number of hydrogen-bond acceptors (Lipinski definition) is 4. The van der Waals surface area contributed by atoms with Crippen LogP contribution in [-0.4, -0.2) is 21.3 Å². The molecule has 2 aromatic rings. The molecule has 1 N–H and O–H groups in total. The van der Waals surface area contributed by atoms with E-state index in [2.05, 4.69) is 31.5 Å². The summed E-state index contributed by atoms with van der Waals surface area (Å²) in [5, 5.41) is 14.8. The summed E-state index contributed by atoms with van der Waals surface area (Å²) < 4.78 is 2.37. The van der Waals surface area contributed by atoms with Crippen LogP contribution in [0.4, 0.5) is 0 Å². The zero-order chi connectivity index (χ0) is 14.8. The van der Waals surface area contributed by atoms with Crippen LogP contribution in [0.25, 0.3) is 0 Å². The molecular weight excluding hydrogens is 292 g/mol. The number of rotatable bonds is 4. The van der Waals surface area contributed by atoms with Crippen LogP contribution in [0.1, 0.15) is 60.2 Å². The van der Waals surface area contributed by atoms with Crippen LogP contribution < -0.4 is 5.32 Å². The summed E-state index contributed by atoms with van der Waals surface area (Å²) in [6, 6.07) is 2.85. The molecule has 1 aliphatic heterocycles. The third kappa shape index (κ3) is 2.84. The lowest BCUT2D eigenvalue weighted by atomic mass is 9.94. The highest BCUT2D eigenvalue weighted by molar-refractivity contribution is 7.10. The van der Waals surface area contributed by atoms with Crippen LogP contribution in [0.2, 0.25) is 0 Å². The molecular formula is C17H24N4S. The number of nitrogens with zero attached hydrogens (tertiary/aromatic N) is 3. The molecule has 4 nitrogen and oxygen atoms in total. The molecule has 0 bridgehead atoms. The molecule has 2 aromatic heterocycles. The first kappa shape index (κ1) is 14.4. The number of aryl methyl sites for hydroxylation is 2. The lowest BCUT2D eigenvalue weighted by Gasteiger charge is -2.23. The SMILES string of the molecule is c1cc2c(s1)CCC[C@@H]2NCCc1nnc2n1CCCCC2. The molecule has 5 heteroatoms. The minimum atomic E-state index is 0.543. The minimum Gasteiger partial charge on any atom is -0.315 e. The molecule has 3 heterocycles. The zero-order valence-electron chi connectivity index (χ0n) is 13.1. The van der Waals surface area contributed by atoms with Crippen molar-refractivity contribution in [3.8, 4) is 0 Å². The predicted octanol–water partition coefficient (Wildman–Crippen LogP) is 3.28. The average Bonchev–Trinajstić information content (AvgIpc) is 3.09. The summed E-state index contributed by atoms with van der Waals surface area (Å²) in [4.78, 5) is 1.58. The molecule has 0 radical (unpaired) electrons. The van der Waals surface area contributed by atoms with E-state index in [1.54, 1.807) is 4.88 Å². The van der Waals surface area contributed by atoms with Gasteiger partial charge in [0.05, 0.1) is 0 Å². The zero-order valence-corrected chi connectivity index (χ0v) is 13.9. The average molecular weight is 316 g/mol. The quantitative estimate of drug-likeness (QED) is 0.941. The molecule has 2 aliphatic rings. The van der Waals surface area contributed by atoms with E-state index >= 15 is 0 Å². The van der Waals surface area contributed by atoms with Crippen LogP contribution in [0.3, 0.4) is 0 Å². The summed E-state index contributed by atoms with van der Waals surface area (Å²) >= 11 is 1.91. The van der Waals surface area contributed by atoms with Gasteiger partial charge in [0.25, 0.3) is 0 Å². The molecule has 0 fully saturated rings. The van der Waals surface area contributed by atoms with Gasteiger partial charge < -0.3 is 9.88 Å². The smallest absolute Gasteiger partial charge is 0.134 e. The molecule has 1 aliphatic carbocycles. The van der Waals surface area contributed by atoms with Crippen LogP contribution in [0, 0.1) is 0 Å². The molecule has 0 amide bonds. The summed E-state index contributed by atoms with van der Waals surface area (Å²) in [7, 11) is 0. The summed E-state index contributed by atoms with van der Waals surface area (Å²) in [5.74, 6) is 2.37. The Morgan fingerprint density at radius 1 is 1.18 bits per heavy atom. The second-order valence-electron chi connectivity index (χ2n) is 6.44. The second-order valence-corrected chi connectivity index (χ2v) is 7.44. The third-order valence-corrected chi connectivity index (χ3v) is 5.97. The first-order chi connectivity index (χ1) is 10.9. The number of aromatic nitrogens is 3. The van der Waals surface area contributed by atoms with Crippen LogP contribution in [0.5, 0.6) is 0 Å². The predicted molar refractivity (Wildman–Crippen MR) is 89.3 cm³/mol. The molecule has 0 unspecified atom stereocenters. The molecule has 118 valence electrons. The normalized spacial score (nSPS) is 21.2. The van der Waals surface area contributed by atoms with Crippen LogP contribution in [0.15, 0.2) is 11.4 Å². The van der Waals surface area contributed by atoms with Gasteiger partial charge in [-0.2, -0.15) is 0 Å². The summed E-state index contributed by atoms with van der Waals surface area (Å²) in [5.41, 5.74) is 1.54. The maximum absolute atomic E-state index is 4.43. The van der Waals surface area contributed by atoms with Gasteiger partial charge in [0.2, 0.25) is 0 Å². The van der Waals surface area contributed by atoms with Gasteiger partial charge in [-0.1, -0.05) is 6.42 Å². The van der Waals surface area contributed by atoms with Gasteiger partial charge in [0, 0.05) is 36.9 Å². The first-order valence-corrected chi connectivity index (χ1v) is 9.50. The molecule has 0 spiro atoms. The summed E-state index contributed by atoms with van der Waals surface area (Å²) in [6.07, 6.45) is 9.79. The minimum absolute atomic E-state index is 0.543. The summed E-state index contributed by atoms with van der Waals surface area (Å²) in [6.45, 7) is 2.11. The number of fused-ring (bicyclic) bond motifs is 2. The molecule has 0 aromatic carbocycles. The van der Waals surface area contributed by atoms with Gasteiger partial charge in [-0.25, -0.2) is 0 Å². The fourth-order valence-corrected chi connectivity index (χ4v) is 4.77. The Hall–Kier alpha value is -1.20. The maximum Gasteiger partial charge on any atom is 0.134 e. The lowest BCUT2D eigenvalue weighted by molar-refractivity contribution is 0.461. The van der Waals surface area contributed by atoms with E-state index in [-0.39, 0.29) is 0 Å². The fourth-order valence-electron chi connectivity index (χ4n) is 3.79. The Morgan fingerprint density at radius 2 is 2.18 bits per heavy atom. The van der Waals surface area contributed by atoms with Crippen molar-refractivity contribution in [2.75, 3.05) is 6.54 Å². The van der Waals surface area contributed by atoms with Crippen molar-refractivity contribution in [2.45, 2.75) is 64.0 Å². The second kappa shape index (κ2) is 6.50. The van der Waals surface area contributed by atoms with Crippen molar-refractivity contribution in [1.82, 2.24) is 20.1 Å². The third-order valence-electron chi connectivity index (χ3n) is 4.98. The Kier molecular flexibility index (Phi) is 4.26. The Morgan fingerprint density at radius 3 is 3.18 bits per heavy atom. The number of nitrogens with one attached hydrogen (secondary N) is 1.